The van der Waals surface area contributed by atoms with Crippen LogP contribution in [0, 0.1) is 0 Å². The molecule has 0 unspecified atom stereocenters. The van der Waals surface area contributed by atoms with E-state index in [1.165, 1.54) is 25.3 Å². The van der Waals surface area contributed by atoms with Crippen molar-refractivity contribution in [1.29, 1.82) is 0 Å². The van der Waals surface area contributed by atoms with Crippen LogP contribution in [0.2, 0.25) is 0 Å². The zero-order valence-corrected chi connectivity index (χ0v) is 14.3. The quantitative estimate of drug-likeness (QED) is 0.811. The fourth-order valence-corrected chi connectivity index (χ4v) is 4.32. The number of rotatable bonds is 6. The van der Waals surface area contributed by atoms with Gasteiger partial charge in [-0.2, -0.15) is 0 Å². The molecule has 7 nitrogen and oxygen atoms in total. The van der Waals surface area contributed by atoms with Crippen LogP contribution >= 0.6 is 11.3 Å². The smallest absolute Gasteiger partial charge is 0.271 e. The number of ether oxygens (including phenoxy) is 3. The molecule has 128 valence electrons. The number of aliphatic hydroxyl groups is 1. The van der Waals surface area contributed by atoms with E-state index < -0.39 is 10.0 Å². The van der Waals surface area contributed by atoms with Crippen molar-refractivity contribution in [2.24, 2.45) is 0 Å². The molecule has 9 heteroatoms. The SMILES string of the molecule is COc1c(/C=C/CO)c(NS(=O)(=O)c2cccs2)cc2c1OCO2. The van der Waals surface area contributed by atoms with Crippen LogP contribution in [0.4, 0.5) is 5.69 Å². The van der Waals surface area contributed by atoms with Crippen LogP contribution in [-0.2, 0) is 10.0 Å². The summed E-state index contributed by atoms with van der Waals surface area (Å²) >= 11 is 1.11. The van der Waals surface area contributed by atoms with Crippen molar-refractivity contribution < 1.29 is 27.7 Å². The van der Waals surface area contributed by atoms with Crippen LogP contribution < -0.4 is 18.9 Å². The van der Waals surface area contributed by atoms with Gasteiger partial charge >= 0.3 is 0 Å². The minimum Gasteiger partial charge on any atom is -0.492 e. The van der Waals surface area contributed by atoms with Gasteiger partial charge in [0, 0.05) is 11.6 Å². The monoisotopic (exact) mass is 369 g/mol. The Balaban J connectivity index is 2.11. The van der Waals surface area contributed by atoms with E-state index in [4.69, 9.17) is 19.3 Å². The maximum absolute atomic E-state index is 12.5. The van der Waals surface area contributed by atoms with Gasteiger partial charge in [-0.1, -0.05) is 18.2 Å². The van der Waals surface area contributed by atoms with Crippen molar-refractivity contribution in [2.75, 3.05) is 25.2 Å². The van der Waals surface area contributed by atoms with Crippen molar-refractivity contribution in [3.05, 3.63) is 35.2 Å². The van der Waals surface area contributed by atoms with Gasteiger partial charge in [-0.25, -0.2) is 8.42 Å². The summed E-state index contributed by atoms with van der Waals surface area (Å²) in [5, 5.41) is 10.7. The maximum Gasteiger partial charge on any atom is 0.271 e. The van der Waals surface area contributed by atoms with Gasteiger partial charge in [0.1, 0.15) is 4.21 Å². The Hall–Kier alpha value is -2.23. The molecule has 0 amide bonds. The number of methoxy groups -OCH3 is 1. The number of hydrogen-bond acceptors (Lipinski definition) is 7. The Kier molecular flexibility index (Phi) is 4.65. The van der Waals surface area contributed by atoms with Gasteiger partial charge in [-0.3, -0.25) is 4.72 Å². The Labute approximate surface area is 143 Å². The summed E-state index contributed by atoms with van der Waals surface area (Å²) in [6.45, 7) is -0.176. The molecule has 24 heavy (non-hydrogen) atoms. The normalized spacial score (nSPS) is 13.4. The summed E-state index contributed by atoms with van der Waals surface area (Å²) < 4.78 is 43.8. The van der Waals surface area contributed by atoms with E-state index in [1.807, 2.05) is 0 Å². The first-order chi connectivity index (χ1) is 11.6. The predicted octanol–water partition coefficient (Wildman–Crippen LogP) is 2.29. The zero-order valence-electron chi connectivity index (χ0n) is 12.7. The molecule has 2 heterocycles. The Bertz CT molecular complexity index is 859. The molecule has 2 aromatic rings. The topological polar surface area (TPSA) is 94.1 Å². The van der Waals surface area contributed by atoms with Crippen LogP contribution in [0.5, 0.6) is 17.2 Å². The number of nitrogens with one attached hydrogen (secondary N) is 1. The van der Waals surface area contributed by atoms with E-state index in [0.717, 1.165) is 11.3 Å². The minimum atomic E-state index is -3.74. The van der Waals surface area contributed by atoms with E-state index in [0.29, 0.717) is 22.8 Å². The van der Waals surface area contributed by atoms with Gasteiger partial charge in [0.2, 0.25) is 12.5 Å². The van der Waals surface area contributed by atoms with Crippen LogP contribution in [-0.4, -0.2) is 34.0 Å². The third-order valence-corrected chi connectivity index (χ3v) is 6.02. The molecule has 0 aliphatic carbocycles. The van der Waals surface area contributed by atoms with Crippen molar-refractivity contribution in [3.63, 3.8) is 0 Å². The van der Waals surface area contributed by atoms with E-state index in [9.17, 15) is 8.42 Å². The lowest BCUT2D eigenvalue weighted by Gasteiger charge is -2.15. The predicted molar refractivity (Wildman–Crippen MR) is 90.4 cm³/mol. The number of benzene rings is 1. The zero-order chi connectivity index (χ0) is 17.2. The molecule has 0 fully saturated rings. The Morgan fingerprint density at radius 1 is 1.46 bits per heavy atom. The van der Waals surface area contributed by atoms with Crippen LogP contribution in [0.15, 0.2) is 33.9 Å². The van der Waals surface area contributed by atoms with E-state index in [-0.39, 0.29) is 23.3 Å². The lowest BCUT2D eigenvalue weighted by atomic mass is 10.1. The summed E-state index contributed by atoms with van der Waals surface area (Å²) in [5.41, 5.74) is 0.713. The number of fused-ring (bicyclic) bond motifs is 1. The number of aliphatic hydroxyl groups excluding tert-OH is 1. The standard InChI is InChI=1S/C15H15NO6S2/c1-20-14-10(4-2-6-17)11(8-12-15(14)22-9-21-12)16-24(18,19)13-5-3-7-23-13/h2-5,7-8,16-17H,6,9H2,1H3/b4-2+. The Morgan fingerprint density at radius 2 is 2.29 bits per heavy atom. The number of hydrogen-bond donors (Lipinski definition) is 2. The van der Waals surface area contributed by atoms with Crippen LogP contribution in [0.3, 0.4) is 0 Å². The molecule has 0 saturated heterocycles. The summed E-state index contributed by atoms with van der Waals surface area (Å²) in [6.07, 6.45) is 3.04. The molecule has 1 aliphatic heterocycles. The lowest BCUT2D eigenvalue weighted by molar-refractivity contribution is 0.171. The van der Waals surface area contributed by atoms with E-state index >= 15 is 0 Å². The van der Waals surface area contributed by atoms with Crippen molar-refractivity contribution in [2.45, 2.75) is 4.21 Å². The number of anilines is 1. The van der Waals surface area contributed by atoms with Crippen molar-refractivity contribution >= 4 is 33.1 Å². The summed E-state index contributed by atoms with van der Waals surface area (Å²) in [6, 6.07) is 4.71. The summed E-state index contributed by atoms with van der Waals surface area (Å²) in [4.78, 5) is 0. The van der Waals surface area contributed by atoms with E-state index in [1.54, 1.807) is 17.5 Å². The minimum absolute atomic E-state index is 0.0238. The fourth-order valence-electron chi connectivity index (χ4n) is 2.26. The second-order valence-corrected chi connectivity index (χ2v) is 7.58. The summed E-state index contributed by atoms with van der Waals surface area (Å²) in [7, 11) is -2.29. The molecule has 1 aromatic carbocycles. The summed E-state index contributed by atoms with van der Waals surface area (Å²) in [5.74, 6) is 1.12. The third-order valence-electron chi connectivity index (χ3n) is 3.26. The van der Waals surface area contributed by atoms with Crippen molar-refractivity contribution in [3.8, 4) is 17.2 Å². The number of thiophene rings is 1. The molecular formula is C15H15NO6S2. The largest absolute Gasteiger partial charge is 0.492 e. The fraction of sp³-hybridized carbons (Fsp3) is 0.200. The van der Waals surface area contributed by atoms with E-state index in [2.05, 4.69) is 4.72 Å². The van der Waals surface area contributed by atoms with Gasteiger partial charge in [-0.15, -0.1) is 11.3 Å². The second-order valence-electron chi connectivity index (χ2n) is 4.73. The highest BCUT2D eigenvalue weighted by Crippen LogP contribution is 2.47. The van der Waals surface area contributed by atoms with Gasteiger partial charge in [0.25, 0.3) is 10.0 Å². The second kappa shape index (κ2) is 6.71. The molecule has 0 spiro atoms. The molecule has 0 atom stereocenters. The maximum atomic E-state index is 12.5. The van der Waals surface area contributed by atoms with Gasteiger partial charge in [-0.05, 0) is 11.4 Å². The average Bonchev–Trinajstić information content (AvgIpc) is 3.23. The first-order valence-electron chi connectivity index (χ1n) is 6.91. The van der Waals surface area contributed by atoms with Crippen LogP contribution in [0.25, 0.3) is 6.08 Å². The first kappa shape index (κ1) is 16.6. The molecule has 1 aliphatic rings. The molecule has 3 rings (SSSR count). The first-order valence-corrected chi connectivity index (χ1v) is 9.27. The highest BCUT2D eigenvalue weighted by molar-refractivity contribution is 7.94. The third kappa shape index (κ3) is 3.05. The molecular weight excluding hydrogens is 354 g/mol. The lowest BCUT2D eigenvalue weighted by Crippen LogP contribution is -2.12. The average molecular weight is 369 g/mol. The molecule has 0 radical (unpaired) electrons. The Morgan fingerprint density at radius 3 is 2.96 bits per heavy atom. The van der Waals surface area contributed by atoms with Crippen molar-refractivity contribution in [1.82, 2.24) is 0 Å². The highest BCUT2D eigenvalue weighted by atomic mass is 32.2. The molecule has 1 aromatic heterocycles. The highest BCUT2D eigenvalue weighted by Gasteiger charge is 2.26. The van der Waals surface area contributed by atoms with Gasteiger partial charge in [0.15, 0.2) is 11.5 Å². The molecule has 0 saturated carbocycles. The van der Waals surface area contributed by atoms with Gasteiger partial charge < -0.3 is 19.3 Å². The molecule has 0 bridgehead atoms. The van der Waals surface area contributed by atoms with Crippen LogP contribution in [0.1, 0.15) is 5.56 Å². The number of sulfonamides is 1. The molecule has 2 N–H and O–H groups in total. The van der Waals surface area contributed by atoms with Gasteiger partial charge in [0.05, 0.1) is 19.4 Å².